The molecule has 0 saturated heterocycles. The summed E-state index contributed by atoms with van der Waals surface area (Å²) in [6.45, 7) is 0. The number of sulfonamides is 2. The first-order chi connectivity index (χ1) is 15.1. The quantitative estimate of drug-likeness (QED) is 0.343. The zero-order chi connectivity index (χ0) is 22.9. The number of hydrogen-bond acceptors (Lipinski definition) is 7. The lowest BCUT2D eigenvalue weighted by Crippen LogP contribution is -2.16. The molecule has 0 saturated carbocycles. The van der Waals surface area contributed by atoms with E-state index in [1.807, 2.05) is 0 Å². The molecule has 0 atom stereocenters. The third kappa shape index (κ3) is 4.88. The van der Waals surface area contributed by atoms with Crippen LogP contribution in [0.1, 0.15) is 0 Å². The predicted molar refractivity (Wildman–Crippen MR) is 126 cm³/mol. The Kier molecular flexibility index (Phi) is 5.86. The van der Waals surface area contributed by atoms with E-state index in [2.05, 4.69) is 35.9 Å². The molecule has 0 aliphatic rings. The molecule has 164 valence electrons. The van der Waals surface area contributed by atoms with Crippen molar-refractivity contribution in [3.63, 3.8) is 0 Å². The Morgan fingerprint density at radius 2 is 1.38 bits per heavy atom. The molecule has 32 heavy (non-hydrogen) atoms. The Bertz CT molecular complexity index is 1530. The SMILES string of the molecule is NS(=O)(=O)c1cccc(Nc2nc3ccccc3nc2NS(=O)(=O)c2ccc(Br)cc2)c1. The van der Waals surface area contributed by atoms with Gasteiger partial charge in [-0.05, 0) is 54.6 Å². The summed E-state index contributed by atoms with van der Waals surface area (Å²) in [5.41, 5.74) is 1.33. The van der Waals surface area contributed by atoms with Gasteiger partial charge in [-0.15, -0.1) is 0 Å². The van der Waals surface area contributed by atoms with Crippen LogP contribution in [0.3, 0.4) is 0 Å². The molecule has 4 N–H and O–H groups in total. The normalized spacial score (nSPS) is 11.9. The van der Waals surface area contributed by atoms with Crippen molar-refractivity contribution < 1.29 is 16.8 Å². The lowest BCUT2D eigenvalue weighted by molar-refractivity contribution is 0.597. The van der Waals surface area contributed by atoms with Gasteiger partial charge < -0.3 is 5.32 Å². The second-order valence-corrected chi connectivity index (χ2v) is 10.8. The smallest absolute Gasteiger partial charge is 0.263 e. The van der Waals surface area contributed by atoms with Crippen LogP contribution in [0.25, 0.3) is 11.0 Å². The van der Waals surface area contributed by atoms with Gasteiger partial charge in [0, 0.05) is 10.2 Å². The van der Waals surface area contributed by atoms with Gasteiger partial charge in [0.2, 0.25) is 10.0 Å². The minimum atomic E-state index is -3.97. The summed E-state index contributed by atoms with van der Waals surface area (Å²) in [7, 11) is -7.90. The minimum absolute atomic E-state index is 0.0397. The number of anilines is 3. The largest absolute Gasteiger partial charge is 0.337 e. The summed E-state index contributed by atoms with van der Waals surface area (Å²) in [4.78, 5) is 8.80. The minimum Gasteiger partial charge on any atom is -0.337 e. The second-order valence-electron chi connectivity index (χ2n) is 6.67. The number of halogens is 1. The van der Waals surface area contributed by atoms with Crippen LogP contribution in [0.4, 0.5) is 17.3 Å². The summed E-state index contributed by atoms with van der Waals surface area (Å²) < 4.78 is 52.4. The van der Waals surface area contributed by atoms with E-state index in [1.54, 1.807) is 42.5 Å². The highest BCUT2D eigenvalue weighted by Crippen LogP contribution is 2.28. The van der Waals surface area contributed by atoms with Crippen molar-refractivity contribution in [3.05, 3.63) is 77.3 Å². The standard InChI is InChI=1S/C20H16BrN5O4S2/c21-13-8-10-15(11-9-13)32(29,30)26-20-19(24-17-6-1-2-7-18(17)25-20)23-14-4-3-5-16(12-14)31(22,27)28/h1-12H,(H,23,24)(H,25,26)(H2,22,27,28). The fourth-order valence-corrected chi connectivity index (χ4v) is 4.68. The number of nitrogens with two attached hydrogens (primary N) is 1. The fourth-order valence-electron chi connectivity index (χ4n) is 2.85. The molecule has 0 fully saturated rings. The summed E-state index contributed by atoms with van der Waals surface area (Å²) in [6, 6.07) is 18.8. The molecule has 0 spiro atoms. The van der Waals surface area contributed by atoms with Gasteiger partial charge in [-0.3, -0.25) is 4.72 Å². The molecule has 0 amide bonds. The summed E-state index contributed by atoms with van der Waals surface area (Å²) in [5, 5.41) is 8.14. The van der Waals surface area contributed by atoms with Crippen molar-refractivity contribution in [2.24, 2.45) is 5.14 Å². The molecule has 0 aliphatic carbocycles. The molecule has 1 aromatic heterocycles. The third-order valence-corrected chi connectivity index (χ3v) is 7.15. The van der Waals surface area contributed by atoms with E-state index in [1.165, 1.54) is 30.3 Å². The number of fused-ring (bicyclic) bond motifs is 1. The molecule has 9 nitrogen and oxygen atoms in total. The molecule has 4 rings (SSSR count). The van der Waals surface area contributed by atoms with Crippen molar-refractivity contribution in [2.45, 2.75) is 9.79 Å². The average molecular weight is 534 g/mol. The van der Waals surface area contributed by atoms with Crippen LogP contribution >= 0.6 is 15.9 Å². The van der Waals surface area contributed by atoms with Gasteiger partial charge in [0.1, 0.15) is 0 Å². The van der Waals surface area contributed by atoms with Crippen molar-refractivity contribution >= 4 is 64.3 Å². The Balaban J connectivity index is 1.78. The number of hydrogen-bond donors (Lipinski definition) is 3. The van der Waals surface area contributed by atoms with Crippen LogP contribution in [-0.2, 0) is 20.0 Å². The molecule has 0 radical (unpaired) electrons. The lowest BCUT2D eigenvalue weighted by atomic mass is 10.3. The molecule has 0 bridgehead atoms. The summed E-state index contributed by atoms with van der Waals surface area (Å²) >= 11 is 3.28. The van der Waals surface area contributed by atoms with Crippen LogP contribution in [-0.4, -0.2) is 26.8 Å². The number of rotatable bonds is 6. The first kappa shape index (κ1) is 22.1. The number of para-hydroxylation sites is 2. The van der Waals surface area contributed by atoms with Crippen molar-refractivity contribution in [1.82, 2.24) is 9.97 Å². The van der Waals surface area contributed by atoms with E-state index in [-0.39, 0.29) is 21.4 Å². The van der Waals surface area contributed by atoms with Crippen molar-refractivity contribution in [1.29, 1.82) is 0 Å². The number of aromatic nitrogens is 2. The fraction of sp³-hybridized carbons (Fsp3) is 0. The maximum atomic E-state index is 12.9. The first-order valence-corrected chi connectivity index (χ1v) is 12.9. The zero-order valence-electron chi connectivity index (χ0n) is 16.2. The Hall–Kier alpha value is -3.06. The van der Waals surface area contributed by atoms with Gasteiger partial charge in [0.15, 0.2) is 11.6 Å². The molecule has 4 aromatic rings. The third-order valence-electron chi connectivity index (χ3n) is 4.35. The van der Waals surface area contributed by atoms with Crippen LogP contribution in [0.5, 0.6) is 0 Å². The molecule has 0 unspecified atom stereocenters. The topological polar surface area (TPSA) is 144 Å². The Labute approximate surface area is 192 Å². The maximum Gasteiger partial charge on any atom is 0.263 e. The van der Waals surface area contributed by atoms with Crippen LogP contribution < -0.4 is 15.2 Å². The number of primary sulfonamides is 1. The number of nitrogens with one attached hydrogen (secondary N) is 2. The highest BCUT2D eigenvalue weighted by atomic mass is 79.9. The highest BCUT2D eigenvalue weighted by Gasteiger charge is 2.19. The lowest BCUT2D eigenvalue weighted by Gasteiger charge is -2.14. The van der Waals surface area contributed by atoms with Gasteiger partial charge in [-0.2, -0.15) is 0 Å². The van der Waals surface area contributed by atoms with Gasteiger partial charge in [0.25, 0.3) is 10.0 Å². The van der Waals surface area contributed by atoms with E-state index in [0.29, 0.717) is 16.7 Å². The van der Waals surface area contributed by atoms with E-state index >= 15 is 0 Å². The monoisotopic (exact) mass is 533 g/mol. The van der Waals surface area contributed by atoms with E-state index in [4.69, 9.17) is 5.14 Å². The number of nitrogens with zero attached hydrogens (tertiary/aromatic N) is 2. The zero-order valence-corrected chi connectivity index (χ0v) is 19.4. The average Bonchev–Trinajstić information content (AvgIpc) is 2.74. The molecular formula is C20H16BrN5O4S2. The first-order valence-electron chi connectivity index (χ1n) is 9.07. The van der Waals surface area contributed by atoms with Gasteiger partial charge in [-0.1, -0.05) is 34.1 Å². The van der Waals surface area contributed by atoms with E-state index in [0.717, 1.165) is 4.47 Å². The van der Waals surface area contributed by atoms with Gasteiger partial charge in [-0.25, -0.2) is 31.9 Å². The molecule has 12 heteroatoms. The van der Waals surface area contributed by atoms with Crippen molar-refractivity contribution in [3.8, 4) is 0 Å². The number of benzene rings is 3. The van der Waals surface area contributed by atoms with Crippen LogP contribution in [0, 0.1) is 0 Å². The van der Waals surface area contributed by atoms with Crippen LogP contribution in [0.15, 0.2) is 87.1 Å². The maximum absolute atomic E-state index is 12.9. The highest BCUT2D eigenvalue weighted by molar-refractivity contribution is 9.10. The predicted octanol–water partition coefficient (Wildman–Crippen LogP) is 3.58. The van der Waals surface area contributed by atoms with Crippen LogP contribution in [0.2, 0.25) is 0 Å². The summed E-state index contributed by atoms with van der Waals surface area (Å²) in [5.74, 6) is 0.0450. The van der Waals surface area contributed by atoms with Gasteiger partial charge in [0.05, 0.1) is 20.8 Å². The Morgan fingerprint density at radius 3 is 2.00 bits per heavy atom. The molecule has 1 heterocycles. The second kappa shape index (κ2) is 8.47. The molecule has 0 aliphatic heterocycles. The van der Waals surface area contributed by atoms with E-state index in [9.17, 15) is 16.8 Å². The molecule has 3 aromatic carbocycles. The van der Waals surface area contributed by atoms with Gasteiger partial charge >= 0.3 is 0 Å². The van der Waals surface area contributed by atoms with E-state index < -0.39 is 20.0 Å². The van der Waals surface area contributed by atoms with Crippen molar-refractivity contribution in [2.75, 3.05) is 10.0 Å². The molecular weight excluding hydrogens is 518 g/mol. The Morgan fingerprint density at radius 1 is 0.750 bits per heavy atom. The summed E-state index contributed by atoms with van der Waals surface area (Å²) in [6.07, 6.45) is 0.